The Balaban J connectivity index is 1.52. The van der Waals surface area contributed by atoms with E-state index < -0.39 is 6.36 Å². The summed E-state index contributed by atoms with van der Waals surface area (Å²) in [5, 5.41) is 4.62. The first-order chi connectivity index (χ1) is 14.3. The Kier molecular flexibility index (Phi) is 5.27. The standard InChI is InChI=1S/C21H19F3N2O4/c1-13(27)26-10-2-3-16(26)12-28-20-18-11-15(6-9-19(18)30-25-20)14-4-7-17(8-5-14)29-21(22,23)24/h4-9,11,16H,2-3,10,12H2,1H3/t16-/m0/s1. The summed E-state index contributed by atoms with van der Waals surface area (Å²) in [6, 6.07) is 10.9. The number of fused-ring (bicyclic) bond motifs is 1. The second kappa shape index (κ2) is 7.89. The van der Waals surface area contributed by atoms with Gasteiger partial charge in [-0.3, -0.25) is 4.79 Å². The molecule has 6 nitrogen and oxygen atoms in total. The van der Waals surface area contributed by atoms with Crippen LogP contribution in [0.5, 0.6) is 11.6 Å². The lowest BCUT2D eigenvalue weighted by molar-refractivity contribution is -0.274. The van der Waals surface area contributed by atoms with Crippen molar-refractivity contribution in [2.45, 2.75) is 32.2 Å². The third-order valence-electron chi connectivity index (χ3n) is 5.05. The van der Waals surface area contributed by atoms with Gasteiger partial charge in [-0.2, -0.15) is 0 Å². The number of nitrogens with zero attached hydrogens (tertiary/aromatic N) is 2. The van der Waals surface area contributed by atoms with Crippen LogP contribution >= 0.6 is 0 Å². The summed E-state index contributed by atoms with van der Waals surface area (Å²) in [6.45, 7) is 2.58. The van der Waals surface area contributed by atoms with Gasteiger partial charge in [0.25, 0.3) is 5.88 Å². The predicted molar refractivity (Wildman–Crippen MR) is 102 cm³/mol. The molecule has 0 aliphatic carbocycles. The Labute approximate surface area is 170 Å². The van der Waals surface area contributed by atoms with Gasteiger partial charge in [-0.15, -0.1) is 13.2 Å². The van der Waals surface area contributed by atoms with Crippen LogP contribution in [0.4, 0.5) is 13.2 Å². The number of likely N-dealkylation sites (tertiary alicyclic amines) is 1. The van der Waals surface area contributed by atoms with E-state index >= 15 is 0 Å². The molecule has 0 bridgehead atoms. The molecule has 1 atom stereocenters. The lowest BCUT2D eigenvalue weighted by Gasteiger charge is -2.22. The van der Waals surface area contributed by atoms with Gasteiger partial charge in [0.05, 0.1) is 11.4 Å². The number of hydrogen-bond acceptors (Lipinski definition) is 5. The van der Waals surface area contributed by atoms with Crippen LogP contribution in [0.2, 0.25) is 0 Å². The molecule has 1 fully saturated rings. The summed E-state index contributed by atoms with van der Waals surface area (Å²) in [5.41, 5.74) is 2.00. The summed E-state index contributed by atoms with van der Waals surface area (Å²) in [4.78, 5) is 13.5. The molecule has 2 heterocycles. The lowest BCUT2D eigenvalue weighted by atomic mass is 10.0. The Hall–Kier alpha value is -3.23. The van der Waals surface area contributed by atoms with Crippen LogP contribution in [0.15, 0.2) is 47.0 Å². The van der Waals surface area contributed by atoms with Crippen molar-refractivity contribution in [3.63, 3.8) is 0 Å². The maximum Gasteiger partial charge on any atom is 0.573 e. The molecular weight excluding hydrogens is 401 g/mol. The molecular formula is C21H19F3N2O4. The topological polar surface area (TPSA) is 64.8 Å². The van der Waals surface area contributed by atoms with Crippen molar-refractivity contribution in [3.05, 3.63) is 42.5 Å². The van der Waals surface area contributed by atoms with Crippen LogP contribution in [-0.2, 0) is 4.79 Å². The highest BCUT2D eigenvalue weighted by Crippen LogP contribution is 2.32. The maximum absolute atomic E-state index is 12.3. The van der Waals surface area contributed by atoms with E-state index in [-0.39, 0.29) is 17.7 Å². The number of hydrogen-bond donors (Lipinski definition) is 0. The van der Waals surface area contributed by atoms with Crippen molar-refractivity contribution >= 4 is 16.9 Å². The van der Waals surface area contributed by atoms with Crippen molar-refractivity contribution in [2.75, 3.05) is 13.2 Å². The SMILES string of the molecule is CC(=O)N1CCC[C@H]1COc1noc2ccc(-c3ccc(OC(F)(F)F)cc3)cc12. The molecule has 1 aromatic heterocycles. The molecule has 0 saturated carbocycles. The molecule has 0 spiro atoms. The first-order valence-corrected chi connectivity index (χ1v) is 9.46. The van der Waals surface area contributed by atoms with Gasteiger partial charge < -0.3 is 18.9 Å². The number of alkyl halides is 3. The van der Waals surface area contributed by atoms with Crippen molar-refractivity contribution in [2.24, 2.45) is 0 Å². The summed E-state index contributed by atoms with van der Waals surface area (Å²) in [6.07, 6.45) is -2.93. The average Bonchev–Trinajstić information content (AvgIpc) is 3.32. The molecule has 30 heavy (non-hydrogen) atoms. The van der Waals surface area contributed by atoms with E-state index in [9.17, 15) is 18.0 Å². The number of amides is 1. The second-order valence-electron chi connectivity index (χ2n) is 7.09. The second-order valence-corrected chi connectivity index (χ2v) is 7.09. The molecule has 158 valence electrons. The molecule has 3 aromatic rings. The molecule has 4 rings (SSSR count). The molecule has 0 N–H and O–H groups in total. The first-order valence-electron chi connectivity index (χ1n) is 9.46. The van der Waals surface area contributed by atoms with Gasteiger partial charge in [-0.1, -0.05) is 18.2 Å². The third kappa shape index (κ3) is 4.34. The van der Waals surface area contributed by atoms with Gasteiger partial charge in [0.1, 0.15) is 12.4 Å². The predicted octanol–water partition coefficient (Wildman–Crippen LogP) is 4.78. The molecule has 2 aromatic carbocycles. The zero-order valence-corrected chi connectivity index (χ0v) is 16.1. The minimum atomic E-state index is -4.73. The van der Waals surface area contributed by atoms with Crippen molar-refractivity contribution in [1.82, 2.24) is 10.1 Å². The molecule has 1 aliphatic heterocycles. The van der Waals surface area contributed by atoms with Gasteiger partial charge in [0, 0.05) is 13.5 Å². The molecule has 0 unspecified atom stereocenters. The number of rotatable bonds is 5. The highest BCUT2D eigenvalue weighted by atomic mass is 19.4. The van der Waals surface area contributed by atoms with E-state index in [0.29, 0.717) is 29.0 Å². The zero-order chi connectivity index (χ0) is 21.3. The van der Waals surface area contributed by atoms with E-state index in [1.165, 1.54) is 12.1 Å². The third-order valence-corrected chi connectivity index (χ3v) is 5.05. The van der Waals surface area contributed by atoms with E-state index in [4.69, 9.17) is 9.26 Å². The smallest absolute Gasteiger partial charge is 0.473 e. The normalized spacial score (nSPS) is 16.8. The van der Waals surface area contributed by atoms with Crippen LogP contribution < -0.4 is 9.47 Å². The Morgan fingerprint density at radius 1 is 1.20 bits per heavy atom. The molecule has 1 amide bonds. The largest absolute Gasteiger partial charge is 0.573 e. The Morgan fingerprint density at radius 2 is 1.93 bits per heavy atom. The zero-order valence-electron chi connectivity index (χ0n) is 16.1. The molecule has 0 radical (unpaired) electrons. The fourth-order valence-corrected chi connectivity index (χ4v) is 3.65. The number of carbonyl (C=O) groups excluding carboxylic acids is 1. The van der Waals surface area contributed by atoms with E-state index in [1.807, 2.05) is 0 Å². The van der Waals surface area contributed by atoms with Gasteiger partial charge in [-0.05, 0) is 53.4 Å². The maximum atomic E-state index is 12.3. The van der Waals surface area contributed by atoms with E-state index in [1.54, 1.807) is 42.2 Å². The minimum Gasteiger partial charge on any atom is -0.473 e. The van der Waals surface area contributed by atoms with Crippen molar-refractivity contribution in [1.29, 1.82) is 0 Å². The Morgan fingerprint density at radius 3 is 2.63 bits per heavy atom. The number of halogens is 3. The van der Waals surface area contributed by atoms with Gasteiger partial charge in [0.2, 0.25) is 5.91 Å². The van der Waals surface area contributed by atoms with Crippen LogP contribution in [-0.4, -0.2) is 41.5 Å². The van der Waals surface area contributed by atoms with Crippen LogP contribution in [0, 0.1) is 0 Å². The van der Waals surface area contributed by atoms with Crippen LogP contribution in [0.1, 0.15) is 19.8 Å². The van der Waals surface area contributed by atoms with Gasteiger partial charge in [0.15, 0.2) is 5.58 Å². The van der Waals surface area contributed by atoms with Crippen molar-refractivity contribution in [3.8, 4) is 22.8 Å². The average molecular weight is 420 g/mol. The van der Waals surface area contributed by atoms with E-state index in [0.717, 1.165) is 24.9 Å². The summed E-state index contributed by atoms with van der Waals surface area (Å²) < 4.78 is 52.0. The highest BCUT2D eigenvalue weighted by molar-refractivity contribution is 5.87. The Bertz CT molecular complexity index is 1050. The van der Waals surface area contributed by atoms with Crippen LogP contribution in [0.3, 0.4) is 0 Å². The first kappa shape index (κ1) is 20.1. The lowest BCUT2D eigenvalue weighted by Crippen LogP contribution is -2.37. The molecule has 9 heteroatoms. The molecule has 1 aliphatic rings. The fourth-order valence-electron chi connectivity index (χ4n) is 3.65. The quantitative estimate of drug-likeness (QED) is 0.594. The summed E-state index contributed by atoms with van der Waals surface area (Å²) in [7, 11) is 0. The van der Waals surface area contributed by atoms with Gasteiger partial charge in [-0.25, -0.2) is 0 Å². The number of aromatic nitrogens is 1. The number of benzene rings is 2. The number of ether oxygens (including phenoxy) is 2. The summed E-state index contributed by atoms with van der Waals surface area (Å²) in [5.74, 6) is 0.0542. The minimum absolute atomic E-state index is 0.00129. The van der Waals surface area contributed by atoms with E-state index in [2.05, 4.69) is 9.89 Å². The van der Waals surface area contributed by atoms with Gasteiger partial charge >= 0.3 is 6.36 Å². The fraction of sp³-hybridized carbons (Fsp3) is 0.333. The van der Waals surface area contributed by atoms with Crippen LogP contribution in [0.25, 0.3) is 22.1 Å². The summed E-state index contributed by atoms with van der Waals surface area (Å²) >= 11 is 0. The monoisotopic (exact) mass is 420 g/mol. The highest BCUT2D eigenvalue weighted by Gasteiger charge is 2.31. The molecule has 1 saturated heterocycles. The van der Waals surface area contributed by atoms with Crippen molar-refractivity contribution < 1.29 is 32.0 Å². The number of carbonyl (C=O) groups is 1.